The van der Waals surface area contributed by atoms with Gasteiger partial charge in [0.05, 0.1) is 6.42 Å². The number of benzene rings is 3. The van der Waals surface area contributed by atoms with Crippen molar-refractivity contribution in [3.63, 3.8) is 0 Å². The van der Waals surface area contributed by atoms with Crippen LogP contribution in [0.15, 0.2) is 72.8 Å². The predicted molar refractivity (Wildman–Crippen MR) is 120 cm³/mol. The topological polar surface area (TPSA) is 67.4 Å². The first-order chi connectivity index (χ1) is 14.4. The van der Waals surface area contributed by atoms with E-state index in [0.717, 1.165) is 22.4 Å². The van der Waals surface area contributed by atoms with Gasteiger partial charge in [-0.2, -0.15) is 0 Å². The molecule has 0 aliphatic carbocycles. The van der Waals surface area contributed by atoms with E-state index >= 15 is 0 Å². The summed E-state index contributed by atoms with van der Waals surface area (Å²) in [5.74, 6) is 0.351. The molecule has 3 aromatic carbocycles. The van der Waals surface area contributed by atoms with Crippen molar-refractivity contribution in [2.45, 2.75) is 33.3 Å². The summed E-state index contributed by atoms with van der Waals surface area (Å²) in [6.07, 6.45) is -0.376. The van der Waals surface area contributed by atoms with Crippen LogP contribution in [-0.2, 0) is 16.0 Å². The van der Waals surface area contributed by atoms with E-state index in [0.29, 0.717) is 11.4 Å². The minimum Gasteiger partial charge on any atom is -0.480 e. The van der Waals surface area contributed by atoms with Crippen molar-refractivity contribution in [2.75, 3.05) is 10.6 Å². The lowest BCUT2D eigenvalue weighted by atomic mass is 10.1. The zero-order valence-corrected chi connectivity index (χ0v) is 17.4. The van der Waals surface area contributed by atoms with Gasteiger partial charge < -0.3 is 15.4 Å². The molecule has 2 amide bonds. The second-order valence-corrected chi connectivity index (χ2v) is 7.26. The van der Waals surface area contributed by atoms with E-state index < -0.39 is 6.10 Å². The molecule has 0 bridgehead atoms. The van der Waals surface area contributed by atoms with Gasteiger partial charge >= 0.3 is 0 Å². The number of nitrogens with one attached hydrogen (secondary N) is 2. The summed E-state index contributed by atoms with van der Waals surface area (Å²) in [6, 6.07) is 22.5. The first-order valence-electron chi connectivity index (χ1n) is 9.90. The zero-order chi connectivity index (χ0) is 21.5. The Hall–Kier alpha value is -3.60. The number of aryl methyl sites for hydroxylation is 2. The molecule has 3 rings (SSSR count). The third kappa shape index (κ3) is 5.70. The maximum Gasteiger partial charge on any atom is 0.265 e. The van der Waals surface area contributed by atoms with Gasteiger partial charge in [-0.3, -0.25) is 9.59 Å². The van der Waals surface area contributed by atoms with E-state index in [-0.39, 0.29) is 18.2 Å². The van der Waals surface area contributed by atoms with Crippen molar-refractivity contribution in [2.24, 2.45) is 0 Å². The van der Waals surface area contributed by atoms with Crippen LogP contribution in [-0.4, -0.2) is 17.9 Å². The molecule has 30 heavy (non-hydrogen) atoms. The molecule has 0 aliphatic heterocycles. The standard InChI is InChI=1S/C25H26N2O3/c1-17-9-7-10-18(2)24(17)30-19(3)25(29)27-22-14-8-13-21(16-22)26-23(28)15-20-11-5-4-6-12-20/h4-14,16,19H,15H2,1-3H3,(H,26,28)(H,27,29). The van der Waals surface area contributed by atoms with E-state index in [1.54, 1.807) is 31.2 Å². The summed E-state index contributed by atoms with van der Waals surface area (Å²) in [7, 11) is 0. The van der Waals surface area contributed by atoms with Gasteiger partial charge in [-0.1, -0.05) is 54.6 Å². The highest BCUT2D eigenvalue weighted by Crippen LogP contribution is 2.24. The average molecular weight is 402 g/mol. The lowest BCUT2D eigenvalue weighted by molar-refractivity contribution is -0.122. The number of amides is 2. The SMILES string of the molecule is Cc1cccc(C)c1OC(C)C(=O)Nc1cccc(NC(=O)Cc2ccccc2)c1. The fourth-order valence-electron chi connectivity index (χ4n) is 3.12. The zero-order valence-electron chi connectivity index (χ0n) is 17.4. The molecule has 0 heterocycles. The molecule has 0 spiro atoms. The summed E-state index contributed by atoms with van der Waals surface area (Å²) >= 11 is 0. The Morgan fingerprint density at radius 2 is 1.43 bits per heavy atom. The lowest BCUT2D eigenvalue weighted by Gasteiger charge is -2.18. The largest absolute Gasteiger partial charge is 0.480 e. The van der Waals surface area contributed by atoms with Crippen LogP contribution >= 0.6 is 0 Å². The second-order valence-electron chi connectivity index (χ2n) is 7.26. The van der Waals surface area contributed by atoms with Gasteiger partial charge in [-0.15, -0.1) is 0 Å². The summed E-state index contributed by atoms with van der Waals surface area (Å²) in [6.45, 7) is 5.62. The number of para-hydroxylation sites is 1. The highest BCUT2D eigenvalue weighted by Gasteiger charge is 2.17. The molecular weight excluding hydrogens is 376 g/mol. The van der Waals surface area contributed by atoms with Gasteiger partial charge in [0.1, 0.15) is 5.75 Å². The van der Waals surface area contributed by atoms with Crippen LogP contribution in [0.1, 0.15) is 23.6 Å². The van der Waals surface area contributed by atoms with E-state index in [9.17, 15) is 9.59 Å². The molecule has 5 heteroatoms. The van der Waals surface area contributed by atoms with Crippen molar-refractivity contribution in [1.82, 2.24) is 0 Å². The molecule has 0 aromatic heterocycles. The maximum absolute atomic E-state index is 12.6. The number of ether oxygens (including phenoxy) is 1. The van der Waals surface area contributed by atoms with Crippen LogP contribution in [0.5, 0.6) is 5.75 Å². The van der Waals surface area contributed by atoms with Gasteiger partial charge in [0.2, 0.25) is 5.91 Å². The Labute approximate surface area is 177 Å². The van der Waals surface area contributed by atoms with Crippen molar-refractivity contribution in [1.29, 1.82) is 0 Å². The summed E-state index contributed by atoms with van der Waals surface area (Å²) in [5.41, 5.74) is 4.12. The Bertz CT molecular complexity index is 1010. The number of hydrogen-bond acceptors (Lipinski definition) is 3. The molecule has 5 nitrogen and oxygen atoms in total. The Kier molecular flexibility index (Phi) is 6.86. The van der Waals surface area contributed by atoms with Gasteiger partial charge in [0.25, 0.3) is 5.91 Å². The molecule has 1 atom stereocenters. The molecule has 3 aromatic rings. The number of carbonyl (C=O) groups excluding carboxylic acids is 2. The number of rotatable bonds is 7. The van der Waals surface area contributed by atoms with Gasteiger partial charge in [0.15, 0.2) is 6.10 Å². The third-order valence-electron chi connectivity index (χ3n) is 4.69. The van der Waals surface area contributed by atoms with Gasteiger partial charge in [-0.05, 0) is 55.7 Å². The number of carbonyl (C=O) groups is 2. The Morgan fingerprint density at radius 3 is 2.10 bits per heavy atom. The molecule has 0 saturated heterocycles. The van der Waals surface area contributed by atoms with Crippen molar-refractivity contribution in [3.05, 3.63) is 89.5 Å². The van der Waals surface area contributed by atoms with Crippen LogP contribution in [0, 0.1) is 13.8 Å². The quantitative estimate of drug-likeness (QED) is 0.591. The van der Waals surface area contributed by atoms with E-state index in [1.165, 1.54) is 0 Å². The number of hydrogen-bond donors (Lipinski definition) is 2. The highest BCUT2D eigenvalue weighted by atomic mass is 16.5. The van der Waals surface area contributed by atoms with Crippen molar-refractivity contribution < 1.29 is 14.3 Å². The molecular formula is C25H26N2O3. The molecule has 1 unspecified atom stereocenters. The number of anilines is 2. The predicted octanol–water partition coefficient (Wildman–Crippen LogP) is 4.89. The van der Waals surface area contributed by atoms with Crippen LogP contribution in [0.2, 0.25) is 0 Å². The first kappa shape index (κ1) is 21.1. The minimum atomic E-state index is -0.666. The fraction of sp³-hybridized carbons (Fsp3) is 0.200. The van der Waals surface area contributed by atoms with Gasteiger partial charge in [-0.25, -0.2) is 0 Å². The van der Waals surface area contributed by atoms with Crippen LogP contribution in [0.4, 0.5) is 11.4 Å². The highest BCUT2D eigenvalue weighted by molar-refractivity contribution is 5.96. The maximum atomic E-state index is 12.6. The van der Waals surface area contributed by atoms with E-state index in [1.807, 2.05) is 62.4 Å². The molecule has 0 aliphatic rings. The smallest absolute Gasteiger partial charge is 0.265 e. The van der Waals surface area contributed by atoms with Crippen molar-refractivity contribution in [3.8, 4) is 5.75 Å². The van der Waals surface area contributed by atoms with Crippen LogP contribution < -0.4 is 15.4 Å². The molecule has 0 fully saturated rings. The third-order valence-corrected chi connectivity index (χ3v) is 4.69. The van der Waals surface area contributed by atoms with E-state index in [4.69, 9.17) is 4.74 Å². The molecule has 154 valence electrons. The Balaban J connectivity index is 1.60. The minimum absolute atomic E-state index is 0.114. The summed E-state index contributed by atoms with van der Waals surface area (Å²) in [5, 5.41) is 5.72. The Morgan fingerprint density at radius 1 is 0.833 bits per heavy atom. The normalized spacial score (nSPS) is 11.4. The molecule has 0 saturated carbocycles. The second kappa shape index (κ2) is 9.74. The van der Waals surface area contributed by atoms with Crippen molar-refractivity contribution >= 4 is 23.2 Å². The fourth-order valence-corrected chi connectivity index (χ4v) is 3.12. The first-order valence-corrected chi connectivity index (χ1v) is 9.90. The van der Waals surface area contributed by atoms with Crippen LogP contribution in [0.3, 0.4) is 0 Å². The van der Waals surface area contributed by atoms with Crippen LogP contribution in [0.25, 0.3) is 0 Å². The lowest BCUT2D eigenvalue weighted by Crippen LogP contribution is -2.30. The molecule has 0 radical (unpaired) electrons. The summed E-state index contributed by atoms with van der Waals surface area (Å²) < 4.78 is 5.89. The average Bonchev–Trinajstić information content (AvgIpc) is 2.71. The monoisotopic (exact) mass is 402 g/mol. The van der Waals surface area contributed by atoms with Gasteiger partial charge in [0, 0.05) is 11.4 Å². The molecule has 2 N–H and O–H groups in total. The summed E-state index contributed by atoms with van der Waals surface area (Å²) in [4.78, 5) is 24.9. The van der Waals surface area contributed by atoms with E-state index in [2.05, 4.69) is 10.6 Å².